The van der Waals surface area contributed by atoms with Gasteiger partial charge in [-0.1, -0.05) is 18.2 Å². The summed E-state index contributed by atoms with van der Waals surface area (Å²) in [5.41, 5.74) is 1.58. The summed E-state index contributed by atoms with van der Waals surface area (Å²) in [6.45, 7) is 5.95. The van der Waals surface area contributed by atoms with E-state index in [9.17, 15) is 9.90 Å². The molecule has 20 heavy (non-hydrogen) atoms. The van der Waals surface area contributed by atoms with Gasteiger partial charge < -0.3 is 14.6 Å². The van der Waals surface area contributed by atoms with Crippen molar-refractivity contribution in [3.63, 3.8) is 0 Å². The average Bonchev–Trinajstić information content (AvgIpc) is 2.74. The zero-order valence-electron chi connectivity index (χ0n) is 12.6. The number of hydrogen-bond donors (Lipinski definition) is 1. The Kier molecular flexibility index (Phi) is 3.86. The van der Waals surface area contributed by atoms with Crippen molar-refractivity contribution in [2.45, 2.75) is 32.9 Å². The number of para-hydroxylation sites is 1. The van der Waals surface area contributed by atoms with Crippen molar-refractivity contribution in [2.75, 3.05) is 13.7 Å². The fourth-order valence-electron chi connectivity index (χ4n) is 2.24. The molecule has 0 bridgehead atoms. The van der Waals surface area contributed by atoms with Crippen molar-refractivity contribution in [1.82, 2.24) is 9.47 Å². The summed E-state index contributed by atoms with van der Waals surface area (Å²) in [5, 5.41) is 10.5. The highest BCUT2D eigenvalue weighted by molar-refractivity contribution is 5.84. The Morgan fingerprint density at radius 3 is 2.65 bits per heavy atom. The summed E-state index contributed by atoms with van der Waals surface area (Å²) in [7, 11) is 1.74. The maximum absolute atomic E-state index is 12.4. The summed E-state index contributed by atoms with van der Waals surface area (Å²) < 4.78 is 2.02. The molecule has 0 aliphatic heterocycles. The lowest BCUT2D eigenvalue weighted by molar-refractivity contribution is -0.136. The standard InChI is InChI=1S/C16H22N2O2/c1-12-9-13-7-5-6-8-14(13)18(12)10-15(20)17(4)16(2,3)11-19/h5-9,19H,10-11H2,1-4H3. The number of aliphatic hydroxyl groups is 1. The van der Waals surface area contributed by atoms with E-state index in [0.717, 1.165) is 16.6 Å². The summed E-state index contributed by atoms with van der Waals surface area (Å²) in [5.74, 6) is -0.00602. The van der Waals surface area contributed by atoms with E-state index in [4.69, 9.17) is 0 Å². The molecule has 1 aromatic heterocycles. The lowest BCUT2D eigenvalue weighted by Gasteiger charge is -2.34. The van der Waals surface area contributed by atoms with Gasteiger partial charge in [0, 0.05) is 18.3 Å². The zero-order chi connectivity index (χ0) is 14.9. The van der Waals surface area contributed by atoms with Gasteiger partial charge in [-0.3, -0.25) is 4.79 Å². The van der Waals surface area contributed by atoms with E-state index >= 15 is 0 Å². The molecule has 1 N–H and O–H groups in total. The topological polar surface area (TPSA) is 45.5 Å². The molecule has 0 unspecified atom stereocenters. The van der Waals surface area contributed by atoms with Gasteiger partial charge in [0.25, 0.3) is 0 Å². The van der Waals surface area contributed by atoms with Gasteiger partial charge >= 0.3 is 0 Å². The quantitative estimate of drug-likeness (QED) is 0.929. The largest absolute Gasteiger partial charge is 0.394 e. The van der Waals surface area contributed by atoms with Crippen LogP contribution in [-0.4, -0.2) is 39.7 Å². The number of fused-ring (bicyclic) bond motifs is 1. The highest BCUT2D eigenvalue weighted by Crippen LogP contribution is 2.20. The van der Waals surface area contributed by atoms with Gasteiger partial charge in [-0.2, -0.15) is 0 Å². The van der Waals surface area contributed by atoms with Gasteiger partial charge in [-0.25, -0.2) is 0 Å². The van der Waals surface area contributed by atoms with Crippen molar-refractivity contribution < 1.29 is 9.90 Å². The van der Waals surface area contributed by atoms with Crippen molar-refractivity contribution in [3.05, 3.63) is 36.0 Å². The molecule has 108 valence electrons. The number of nitrogens with zero attached hydrogens (tertiary/aromatic N) is 2. The first-order valence-corrected chi connectivity index (χ1v) is 6.79. The number of amides is 1. The number of likely N-dealkylation sites (N-methyl/N-ethyl adjacent to an activating group) is 1. The third-order valence-electron chi connectivity index (χ3n) is 3.98. The third-order valence-corrected chi connectivity index (χ3v) is 3.98. The van der Waals surface area contributed by atoms with E-state index in [1.165, 1.54) is 0 Å². The highest BCUT2D eigenvalue weighted by Gasteiger charge is 2.27. The predicted octanol–water partition coefficient (Wildman–Crippen LogP) is 2.18. The molecule has 2 aromatic rings. The van der Waals surface area contributed by atoms with Crippen molar-refractivity contribution in [3.8, 4) is 0 Å². The minimum atomic E-state index is -0.548. The van der Waals surface area contributed by atoms with Gasteiger partial charge in [-0.15, -0.1) is 0 Å². The lowest BCUT2D eigenvalue weighted by atomic mass is 10.1. The molecule has 4 nitrogen and oxygen atoms in total. The summed E-state index contributed by atoms with van der Waals surface area (Å²) >= 11 is 0. The zero-order valence-corrected chi connectivity index (χ0v) is 12.6. The molecule has 0 saturated heterocycles. The van der Waals surface area contributed by atoms with E-state index in [1.54, 1.807) is 11.9 Å². The molecule has 0 fully saturated rings. The maximum atomic E-state index is 12.4. The molecule has 0 radical (unpaired) electrons. The van der Waals surface area contributed by atoms with Crippen LogP contribution >= 0.6 is 0 Å². The molecule has 0 spiro atoms. The Labute approximate surface area is 119 Å². The van der Waals surface area contributed by atoms with Crippen LogP contribution in [0.15, 0.2) is 30.3 Å². The Balaban J connectivity index is 2.29. The smallest absolute Gasteiger partial charge is 0.242 e. The van der Waals surface area contributed by atoms with E-state index in [2.05, 4.69) is 6.07 Å². The number of aryl methyl sites for hydroxylation is 1. The number of aromatic nitrogens is 1. The van der Waals surface area contributed by atoms with E-state index in [0.29, 0.717) is 6.54 Å². The SMILES string of the molecule is Cc1cc2ccccc2n1CC(=O)N(C)C(C)(C)CO. The minimum Gasteiger partial charge on any atom is -0.394 e. The first-order valence-electron chi connectivity index (χ1n) is 6.79. The Morgan fingerprint density at radius 1 is 1.35 bits per heavy atom. The second-order valence-corrected chi connectivity index (χ2v) is 5.85. The van der Waals surface area contributed by atoms with Gasteiger partial charge in [-0.05, 0) is 38.3 Å². The third kappa shape index (κ3) is 2.56. The second kappa shape index (κ2) is 5.29. The van der Waals surface area contributed by atoms with Gasteiger partial charge in [0.2, 0.25) is 5.91 Å². The van der Waals surface area contributed by atoms with Crippen LogP contribution in [0.1, 0.15) is 19.5 Å². The van der Waals surface area contributed by atoms with Crippen LogP contribution in [0.3, 0.4) is 0 Å². The van der Waals surface area contributed by atoms with E-state index in [-0.39, 0.29) is 12.5 Å². The van der Waals surface area contributed by atoms with Crippen molar-refractivity contribution in [2.24, 2.45) is 0 Å². The van der Waals surface area contributed by atoms with Gasteiger partial charge in [0.15, 0.2) is 0 Å². The van der Waals surface area contributed by atoms with Crippen LogP contribution < -0.4 is 0 Å². The first kappa shape index (κ1) is 14.6. The predicted molar refractivity (Wildman–Crippen MR) is 80.6 cm³/mol. The van der Waals surface area contributed by atoms with Crippen LogP contribution in [0.25, 0.3) is 10.9 Å². The minimum absolute atomic E-state index is 0.00602. The maximum Gasteiger partial charge on any atom is 0.242 e. The van der Waals surface area contributed by atoms with Crippen LogP contribution in [0.2, 0.25) is 0 Å². The fourth-order valence-corrected chi connectivity index (χ4v) is 2.24. The van der Waals surface area contributed by atoms with E-state index in [1.807, 2.05) is 49.6 Å². The molecule has 0 aliphatic rings. The number of carbonyl (C=O) groups excluding carboxylic acids is 1. The Morgan fingerprint density at radius 2 is 2.00 bits per heavy atom. The summed E-state index contributed by atoms with van der Waals surface area (Å²) in [6.07, 6.45) is 0. The van der Waals surface area contributed by atoms with Gasteiger partial charge in [0.05, 0.1) is 12.1 Å². The van der Waals surface area contributed by atoms with Crippen molar-refractivity contribution in [1.29, 1.82) is 0 Å². The van der Waals surface area contributed by atoms with Crippen LogP contribution in [0.4, 0.5) is 0 Å². The number of benzene rings is 1. The number of rotatable bonds is 4. The number of hydrogen-bond acceptors (Lipinski definition) is 2. The molecule has 0 saturated carbocycles. The Bertz CT molecular complexity index is 628. The molecule has 0 aliphatic carbocycles. The van der Waals surface area contributed by atoms with Crippen LogP contribution in [-0.2, 0) is 11.3 Å². The van der Waals surface area contributed by atoms with Gasteiger partial charge in [0.1, 0.15) is 6.54 Å². The molecule has 4 heteroatoms. The highest BCUT2D eigenvalue weighted by atomic mass is 16.3. The van der Waals surface area contributed by atoms with Crippen molar-refractivity contribution >= 4 is 16.8 Å². The Hall–Kier alpha value is -1.81. The molecule has 1 aromatic carbocycles. The monoisotopic (exact) mass is 274 g/mol. The van der Waals surface area contributed by atoms with Crippen LogP contribution in [0, 0.1) is 6.92 Å². The fraction of sp³-hybridized carbons (Fsp3) is 0.438. The summed E-state index contributed by atoms with van der Waals surface area (Å²) in [6, 6.07) is 10.1. The number of carbonyl (C=O) groups is 1. The normalized spacial score (nSPS) is 11.8. The molecular formula is C16H22N2O2. The first-order chi connectivity index (χ1) is 9.36. The average molecular weight is 274 g/mol. The molecule has 2 rings (SSSR count). The van der Waals surface area contributed by atoms with E-state index < -0.39 is 5.54 Å². The second-order valence-electron chi connectivity index (χ2n) is 5.85. The lowest BCUT2D eigenvalue weighted by Crippen LogP contribution is -2.48. The van der Waals surface area contributed by atoms with Crippen LogP contribution in [0.5, 0.6) is 0 Å². The molecule has 1 heterocycles. The molecular weight excluding hydrogens is 252 g/mol. The molecule has 0 atom stereocenters. The molecule has 1 amide bonds. The number of aliphatic hydroxyl groups excluding tert-OH is 1. The summed E-state index contributed by atoms with van der Waals surface area (Å²) in [4.78, 5) is 14.0.